The molecule has 296 valence electrons. The fraction of sp³-hybridized carbons (Fsp3) is 1.00. The quantitative estimate of drug-likeness (QED) is 0.245. The van der Waals surface area contributed by atoms with Crippen LogP contribution in [0.3, 0.4) is 0 Å². The molecule has 0 aliphatic carbocycles. The van der Waals surface area contributed by atoms with Crippen molar-refractivity contribution in [3.63, 3.8) is 0 Å². The zero-order valence-corrected chi connectivity index (χ0v) is 40.5. The van der Waals surface area contributed by atoms with Gasteiger partial charge in [-0.3, -0.25) is 0 Å². The molecule has 0 N–H and O–H groups in total. The molecule has 0 fully saturated rings. The Bertz CT molecular complexity index is 43.0. The van der Waals surface area contributed by atoms with Gasteiger partial charge in [-0.25, -0.2) is 0 Å². The van der Waals surface area contributed by atoms with Crippen molar-refractivity contribution in [2.45, 2.75) is 299 Å². The smallest absolute Gasteiger partial charge is 0.0590 e. The molecular weight excluding hydrogens is 528 g/mol. The summed E-state index contributed by atoms with van der Waals surface area (Å²) in [5, 5.41) is 0. The van der Waals surface area contributed by atoms with E-state index in [1.165, 1.54) is 77.0 Å². The highest BCUT2D eigenvalue weighted by molar-refractivity contribution is 3.95. The van der Waals surface area contributed by atoms with Crippen molar-refractivity contribution in [2.75, 3.05) is 0 Å². The minimum Gasteiger partial charge on any atom is -0.0683 e. The average Bonchev–Trinajstić information content (AvgIpc) is 2.98. The van der Waals surface area contributed by atoms with E-state index in [4.69, 9.17) is 0 Å². The van der Waals surface area contributed by atoms with Crippen LogP contribution in [-0.2, 0) is 0 Å². The van der Waals surface area contributed by atoms with Gasteiger partial charge in [-0.05, 0) is 0 Å². The van der Waals surface area contributed by atoms with Crippen molar-refractivity contribution in [1.82, 2.24) is 0 Å². The molecule has 44 heavy (non-hydrogen) atoms. The van der Waals surface area contributed by atoms with Crippen molar-refractivity contribution >= 4 is 0 Å². The highest BCUT2D eigenvalue weighted by atomic mass is 13.5. The van der Waals surface area contributed by atoms with Gasteiger partial charge >= 0.3 is 0 Å². The first-order valence-electron chi connectivity index (χ1n) is 21.0. The lowest BCUT2D eigenvalue weighted by Gasteiger charge is -1.48. The van der Waals surface area contributed by atoms with Crippen LogP contribution in [0.15, 0.2) is 0 Å². The molecule has 0 heteroatoms. The van der Waals surface area contributed by atoms with E-state index in [0.29, 0.717) is 0 Å². The molecule has 0 spiro atoms. The SMILES string of the molecule is CC.CC.CC.CC.CCC.CCC.CCC.CCC.CCC.CCC.CCC.CCC.CCC.CCC.CCC.CCC. The molecule has 0 rings (SSSR count). The van der Waals surface area contributed by atoms with Crippen molar-refractivity contribution in [1.29, 1.82) is 0 Å². The third-order valence-electron chi connectivity index (χ3n) is 0. The van der Waals surface area contributed by atoms with Gasteiger partial charge in [0, 0.05) is 0 Å². The third kappa shape index (κ3) is 0. The lowest BCUT2D eigenvalue weighted by Crippen LogP contribution is -1.27. The standard InChI is InChI=1S/12C3H8.4C2H6/c12*1-3-2;4*1-2/h12*3H2,1-2H3;4*1-2H3. The van der Waals surface area contributed by atoms with Crippen molar-refractivity contribution in [3.05, 3.63) is 0 Å². The Morgan fingerprint density at radius 2 is 0.114 bits per heavy atom. The van der Waals surface area contributed by atoms with Gasteiger partial charge in [0.25, 0.3) is 0 Å². The van der Waals surface area contributed by atoms with E-state index >= 15 is 0 Å². The molecular formula is C44H120. The number of hydrogen-bond acceptors (Lipinski definition) is 0. The summed E-state index contributed by atoms with van der Waals surface area (Å²) in [5.74, 6) is 0. The number of hydrogen-bond donors (Lipinski definition) is 0. The lowest BCUT2D eigenvalue weighted by atomic mass is 10.6. The van der Waals surface area contributed by atoms with Crippen molar-refractivity contribution in [3.8, 4) is 0 Å². The van der Waals surface area contributed by atoms with Crippen LogP contribution in [0.1, 0.15) is 299 Å². The van der Waals surface area contributed by atoms with Crippen LogP contribution < -0.4 is 0 Å². The first kappa shape index (κ1) is 104. The maximum Gasteiger partial charge on any atom is -0.0590 e. The predicted octanol–water partition coefficient (Wildman–Crippen LogP) is 21.1. The summed E-state index contributed by atoms with van der Waals surface area (Å²) < 4.78 is 0. The molecule has 0 unspecified atom stereocenters. The molecule has 0 aromatic rings. The Morgan fingerprint density at radius 1 is 0.114 bits per heavy atom. The van der Waals surface area contributed by atoms with E-state index in [-0.39, 0.29) is 0 Å². The van der Waals surface area contributed by atoms with Crippen LogP contribution >= 0.6 is 0 Å². The van der Waals surface area contributed by atoms with Crippen LogP contribution in [0.2, 0.25) is 0 Å². The second kappa shape index (κ2) is 527. The molecule has 0 atom stereocenters. The van der Waals surface area contributed by atoms with E-state index in [0.717, 1.165) is 0 Å². The summed E-state index contributed by atoms with van der Waals surface area (Å²) in [6, 6.07) is 0. The molecule has 0 amide bonds. The summed E-state index contributed by atoms with van der Waals surface area (Å²) in [7, 11) is 0. The van der Waals surface area contributed by atoms with Gasteiger partial charge in [-0.15, -0.1) is 0 Å². The van der Waals surface area contributed by atoms with E-state index in [9.17, 15) is 0 Å². The van der Waals surface area contributed by atoms with Gasteiger partial charge in [0.2, 0.25) is 0 Å². The summed E-state index contributed by atoms with van der Waals surface area (Å²) >= 11 is 0. The molecule has 0 radical (unpaired) electrons. The van der Waals surface area contributed by atoms with Crippen LogP contribution in [0.25, 0.3) is 0 Å². The maximum absolute atomic E-state index is 2.12. The molecule has 0 saturated carbocycles. The lowest BCUT2D eigenvalue weighted by molar-refractivity contribution is 1.09. The summed E-state index contributed by atoms with van der Waals surface area (Å²) in [6.45, 7) is 67.0. The molecule has 0 heterocycles. The Balaban J connectivity index is -0.0000000136. The topological polar surface area (TPSA) is 0 Å². The van der Waals surface area contributed by atoms with Gasteiger partial charge < -0.3 is 0 Å². The van der Waals surface area contributed by atoms with Gasteiger partial charge in [0.15, 0.2) is 0 Å². The van der Waals surface area contributed by atoms with E-state index in [2.05, 4.69) is 166 Å². The zero-order valence-electron chi connectivity index (χ0n) is 40.5. The largest absolute Gasteiger partial charge is 0.0683 e. The molecule has 0 aromatic heterocycles. The Hall–Kier alpha value is 0. The zero-order chi connectivity index (χ0) is 40.5. The van der Waals surface area contributed by atoms with Crippen LogP contribution in [0.5, 0.6) is 0 Å². The first-order valence-corrected chi connectivity index (χ1v) is 21.0. The van der Waals surface area contributed by atoms with Gasteiger partial charge in [-0.1, -0.05) is 299 Å². The minimum atomic E-state index is 1.25. The van der Waals surface area contributed by atoms with Crippen LogP contribution in [0.4, 0.5) is 0 Å². The fourth-order valence-electron chi connectivity index (χ4n) is 0. The van der Waals surface area contributed by atoms with E-state index in [1.807, 2.05) is 55.4 Å². The molecule has 0 nitrogen and oxygen atoms in total. The summed E-state index contributed by atoms with van der Waals surface area (Å²) in [6.07, 6.45) is 15.0. The van der Waals surface area contributed by atoms with E-state index < -0.39 is 0 Å². The second-order valence-corrected chi connectivity index (χ2v) is 8.49. The van der Waals surface area contributed by atoms with Gasteiger partial charge in [-0.2, -0.15) is 0 Å². The normalized spacial score (nSPS) is 5.45. The highest BCUT2D eigenvalue weighted by Crippen LogP contribution is 1.59. The average molecular weight is 649 g/mol. The second-order valence-electron chi connectivity index (χ2n) is 8.49. The maximum atomic E-state index is 2.12. The molecule has 0 aromatic carbocycles. The summed E-state index contributed by atoms with van der Waals surface area (Å²) in [5.41, 5.74) is 0. The first-order chi connectivity index (χ1) is 21.0. The van der Waals surface area contributed by atoms with Crippen LogP contribution in [-0.4, -0.2) is 0 Å². The van der Waals surface area contributed by atoms with Crippen molar-refractivity contribution < 1.29 is 0 Å². The molecule has 0 bridgehead atoms. The predicted molar refractivity (Wildman–Crippen MR) is 237 cm³/mol. The minimum absolute atomic E-state index is 1.25. The third-order valence-corrected chi connectivity index (χ3v) is 0. The molecule has 0 aliphatic heterocycles. The van der Waals surface area contributed by atoms with Gasteiger partial charge in [0.05, 0.1) is 0 Å². The Morgan fingerprint density at radius 3 is 0.114 bits per heavy atom. The molecule has 0 saturated heterocycles. The summed E-state index contributed by atoms with van der Waals surface area (Å²) in [4.78, 5) is 0. The Kier molecular flexibility index (Phi) is 1240. The fourth-order valence-corrected chi connectivity index (χ4v) is 0. The van der Waals surface area contributed by atoms with Crippen molar-refractivity contribution in [2.24, 2.45) is 0 Å². The van der Waals surface area contributed by atoms with Crippen LogP contribution in [0, 0.1) is 0 Å². The highest BCUT2D eigenvalue weighted by Gasteiger charge is 1.39. The van der Waals surface area contributed by atoms with E-state index in [1.54, 1.807) is 0 Å². The number of rotatable bonds is 0. The monoisotopic (exact) mass is 649 g/mol. The Labute approximate surface area is 298 Å². The molecule has 0 aliphatic rings. The van der Waals surface area contributed by atoms with Gasteiger partial charge in [0.1, 0.15) is 0 Å².